The van der Waals surface area contributed by atoms with Gasteiger partial charge in [-0.1, -0.05) is 66.1 Å². The van der Waals surface area contributed by atoms with Crippen LogP contribution in [0.5, 0.6) is 0 Å². The number of β-lactam (4-membered cyclic amide) rings is 1. The van der Waals surface area contributed by atoms with Crippen molar-refractivity contribution in [3.8, 4) is 0 Å². The Morgan fingerprint density at radius 3 is 2.29 bits per heavy atom. The van der Waals surface area contributed by atoms with Crippen molar-refractivity contribution in [1.29, 1.82) is 0 Å². The number of ether oxygens (including phenoxy) is 3. The largest absolute Gasteiger partial charge is 0.457 e. The maximum atomic E-state index is 12.5. The number of nitro benzene ring substituents is 1. The lowest BCUT2D eigenvalue weighted by Crippen LogP contribution is -2.68. The summed E-state index contributed by atoms with van der Waals surface area (Å²) in [6, 6.07) is 13.9. The number of amides is 2. The molecule has 1 aliphatic heterocycles. The number of aliphatic hydroxyl groups is 1. The van der Waals surface area contributed by atoms with Crippen molar-refractivity contribution in [2.24, 2.45) is 0 Å². The minimum Gasteiger partial charge on any atom is -0.457 e. The number of thiocarbonyl (C=S) groups is 1. The first-order valence-electron chi connectivity index (χ1n) is 11.9. The van der Waals surface area contributed by atoms with Crippen LogP contribution in [0, 0.1) is 20.2 Å². The molecule has 0 saturated carbocycles. The fourth-order valence-electron chi connectivity index (χ4n) is 3.45. The molecule has 0 aliphatic carbocycles. The highest BCUT2D eigenvalue weighted by Crippen LogP contribution is 2.37. The standard InChI is InChI=1S/C24H24N4O11S3/c1-37-18-19(29)26(20(30)22(31)38-11-15-7-9-16(10-8-15)27(33)34)21(18)42-24(40)41-13-17(28(35)36)25-23(32)39-12-14-5-3-2-4-6-14/h2-10,17-18,20-21,30H,11-13H2,1H3,(H,25,32)/t17?,18-,20?,21+/m0/s1. The van der Waals surface area contributed by atoms with E-state index in [-0.39, 0.29) is 28.2 Å². The molecule has 2 amide bonds. The van der Waals surface area contributed by atoms with Gasteiger partial charge in [0.1, 0.15) is 22.1 Å². The minimum absolute atomic E-state index is 0.0822. The second-order valence-electron chi connectivity index (χ2n) is 8.38. The number of nitro groups is 2. The molecule has 0 aromatic heterocycles. The summed E-state index contributed by atoms with van der Waals surface area (Å²) >= 11 is 6.96. The van der Waals surface area contributed by atoms with E-state index in [0.717, 1.165) is 28.4 Å². The number of methoxy groups -OCH3 is 1. The molecule has 18 heteroatoms. The molecule has 1 heterocycles. The molecule has 2 unspecified atom stereocenters. The Morgan fingerprint density at radius 1 is 1.07 bits per heavy atom. The molecule has 2 aromatic rings. The van der Waals surface area contributed by atoms with Crippen LogP contribution in [0.4, 0.5) is 10.5 Å². The molecular formula is C24H24N4O11S3. The first kappa shape index (κ1) is 32.7. The van der Waals surface area contributed by atoms with Crippen LogP contribution in [0.1, 0.15) is 11.1 Å². The number of alkyl carbamates (subject to hydrolysis) is 1. The van der Waals surface area contributed by atoms with E-state index >= 15 is 0 Å². The van der Waals surface area contributed by atoms with E-state index in [2.05, 4.69) is 5.32 Å². The zero-order chi connectivity index (χ0) is 30.8. The predicted molar refractivity (Wildman–Crippen MR) is 154 cm³/mol. The number of esters is 1. The van der Waals surface area contributed by atoms with Gasteiger partial charge in [0.05, 0.1) is 10.7 Å². The highest BCUT2D eigenvalue weighted by Gasteiger charge is 2.53. The highest BCUT2D eigenvalue weighted by atomic mass is 32.2. The van der Waals surface area contributed by atoms with Gasteiger partial charge in [-0.2, -0.15) is 0 Å². The Labute approximate surface area is 252 Å². The topological polar surface area (TPSA) is 201 Å². The Balaban J connectivity index is 1.51. The van der Waals surface area contributed by atoms with Gasteiger partial charge in [0, 0.05) is 24.2 Å². The molecule has 2 N–H and O–H groups in total. The second kappa shape index (κ2) is 15.4. The lowest BCUT2D eigenvalue weighted by atomic mass is 10.1. The summed E-state index contributed by atoms with van der Waals surface area (Å²) in [5, 5.41) is 33.9. The number of non-ortho nitro benzene ring substituents is 1. The van der Waals surface area contributed by atoms with Crippen LogP contribution in [-0.2, 0) is 37.0 Å². The SMILES string of the molecule is CO[C@H]1C(=O)N(C(O)C(=O)OCc2ccc([N+](=O)[O-])cc2)[C@@H]1SC(=S)SCC(NC(=O)OCc1ccccc1)[N+](=O)[O-]. The monoisotopic (exact) mass is 640 g/mol. The van der Waals surface area contributed by atoms with Gasteiger partial charge in [0.15, 0.2) is 6.10 Å². The van der Waals surface area contributed by atoms with Crippen LogP contribution in [0.25, 0.3) is 0 Å². The number of carbonyl (C=O) groups is 3. The summed E-state index contributed by atoms with van der Waals surface area (Å²) in [6.07, 6.45) is -5.62. The van der Waals surface area contributed by atoms with Crippen molar-refractivity contribution >= 4 is 62.9 Å². The summed E-state index contributed by atoms with van der Waals surface area (Å²) in [7, 11) is 1.25. The third-order valence-corrected chi connectivity index (χ3v) is 8.53. The summed E-state index contributed by atoms with van der Waals surface area (Å²) in [5.41, 5.74) is 0.952. The van der Waals surface area contributed by atoms with Crippen LogP contribution in [-0.4, -0.2) is 78.1 Å². The number of thioether (sulfide) groups is 2. The van der Waals surface area contributed by atoms with E-state index in [0.29, 0.717) is 11.1 Å². The lowest BCUT2D eigenvalue weighted by Gasteiger charge is -2.46. The van der Waals surface area contributed by atoms with Gasteiger partial charge in [-0.15, -0.1) is 0 Å². The maximum Gasteiger partial charge on any atom is 0.412 e. The molecule has 1 saturated heterocycles. The predicted octanol–water partition coefficient (Wildman–Crippen LogP) is 2.42. The summed E-state index contributed by atoms with van der Waals surface area (Å²) in [4.78, 5) is 58.7. The molecular weight excluding hydrogens is 616 g/mol. The Bertz CT molecular complexity index is 1320. The number of carbonyl (C=O) groups excluding carboxylic acids is 3. The number of nitrogens with zero attached hydrogens (tertiary/aromatic N) is 3. The first-order valence-corrected chi connectivity index (χ1v) is 14.2. The molecule has 4 atom stereocenters. The van der Waals surface area contributed by atoms with Crippen molar-refractivity contribution < 1.29 is 43.5 Å². The van der Waals surface area contributed by atoms with Gasteiger partial charge >= 0.3 is 12.1 Å². The molecule has 1 aliphatic rings. The Hall–Kier alpha value is -3.84. The number of nitrogens with one attached hydrogen (secondary N) is 1. The van der Waals surface area contributed by atoms with Crippen molar-refractivity contribution in [3.05, 3.63) is 86.0 Å². The number of rotatable bonds is 13. The average Bonchev–Trinajstić information content (AvgIpc) is 2.97. The van der Waals surface area contributed by atoms with Gasteiger partial charge in [-0.05, 0) is 23.3 Å². The number of aliphatic hydroxyl groups excluding tert-OH is 1. The fourth-order valence-corrected chi connectivity index (χ4v) is 6.10. The molecule has 2 aromatic carbocycles. The van der Waals surface area contributed by atoms with E-state index in [4.69, 9.17) is 26.4 Å². The second-order valence-corrected chi connectivity index (χ2v) is 11.7. The van der Waals surface area contributed by atoms with Gasteiger partial charge < -0.3 is 19.3 Å². The Kier molecular flexibility index (Phi) is 12.0. The summed E-state index contributed by atoms with van der Waals surface area (Å²) in [6.45, 7) is -0.403. The van der Waals surface area contributed by atoms with Gasteiger partial charge in [-0.3, -0.25) is 35.2 Å². The van der Waals surface area contributed by atoms with Crippen molar-refractivity contribution in [2.45, 2.75) is 37.1 Å². The van der Waals surface area contributed by atoms with E-state index in [1.807, 2.05) is 0 Å². The zero-order valence-electron chi connectivity index (χ0n) is 21.7. The van der Waals surface area contributed by atoms with Crippen LogP contribution in [0.15, 0.2) is 54.6 Å². The third-order valence-electron chi connectivity index (χ3n) is 5.62. The maximum absolute atomic E-state index is 12.5. The zero-order valence-corrected chi connectivity index (χ0v) is 24.2. The van der Waals surface area contributed by atoms with Crippen molar-refractivity contribution in [3.63, 3.8) is 0 Å². The molecule has 0 bridgehead atoms. The fraction of sp³-hybridized carbons (Fsp3) is 0.333. The summed E-state index contributed by atoms with van der Waals surface area (Å²) in [5.74, 6) is -2.15. The quantitative estimate of drug-likeness (QED) is 0.0807. The first-order chi connectivity index (χ1) is 20.0. The minimum atomic E-state index is -2.01. The van der Waals surface area contributed by atoms with E-state index in [1.165, 1.54) is 31.4 Å². The van der Waals surface area contributed by atoms with Crippen LogP contribution in [0.3, 0.4) is 0 Å². The number of hydrogen-bond donors (Lipinski definition) is 2. The normalized spacial score (nSPS) is 17.4. The molecule has 1 fully saturated rings. The molecule has 224 valence electrons. The average molecular weight is 641 g/mol. The van der Waals surface area contributed by atoms with E-state index in [1.54, 1.807) is 30.3 Å². The molecule has 0 spiro atoms. The van der Waals surface area contributed by atoms with Gasteiger partial charge in [0.2, 0.25) is 6.23 Å². The van der Waals surface area contributed by atoms with Crippen LogP contribution >= 0.6 is 35.7 Å². The van der Waals surface area contributed by atoms with Crippen LogP contribution < -0.4 is 5.32 Å². The van der Waals surface area contributed by atoms with Gasteiger partial charge in [0.25, 0.3) is 17.8 Å². The molecule has 3 rings (SSSR count). The van der Waals surface area contributed by atoms with Gasteiger partial charge in [-0.25, -0.2) is 9.59 Å². The van der Waals surface area contributed by atoms with E-state index < -0.39 is 51.7 Å². The van der Waals surface area contributed by atoms with Crippen LogP contribution in [0.2, 0.25) is 0 Å². The highest BCUT2D eigenvalue weighted by molar-refractivity contribution is 8.47. The lowest BCUT2D eigenvalue weighted by molar-refractivity contribution is -0.520. The van der Waals surface area contributed by atoms with Crippen molar-refractivity contribution in [2.75, 3.05) is 12.9 Å². The number of benzene rings is 2. The third kappa shape index (κ3) is 8.83. The summed E-state index contributed by atoms with van der Waals surface area (Å²) < 4.78 is 15.3. The van der Waals surface area contributed by atoms with E-state index in [9.17, 15) is 39.7 Å². The smallest absolute Gasteiger partial charge is 0.412 e. The molecule has 15 nitrogen and oxygen atoms in total. The van der Waals surface area contributed by atoms with Crippen molar-refractivity contribution in [1.82, 2.24) is 10.2 Å². The molecule has 0 radical (unpaired) electrons. The number of hydrogen-bond acceptors (Lipinski definition) is 14. The number of likely N-dealkylation sites (tertiary alicyclic amines) is 1. The Morgan fingerprint density at radius 2 is 1.69 bits per heavy atom. The molecule has 42 heavy (non-hydrogen) atoms.